The van der Waals surface area contributed by atoms with Crippen LogP contribution >= 0.6 is 22.6 Å². The number of pyridine rings is 1. The fourth-order valence-electron chi connectivity index (χ4n) is 1.97. The minimum atomic E-state index is 0.706. The van der Waals surface area contributed by atoms with E-state index in [1.807, 2.05) is 25.3 Å². The van der Waals surface area contributed by atoms with Crippen LogP contribution in [0.4, 0.5) is 5.82 Å². The normalized spacial score (nSPS) is 10.7. The molecule has 112 valence electrons. The number of nitrogens with one attached hydrogen (secondary N) is 1. The van der Waals surface area contributed by atoms with Crippen LogP contribution in [0.15, 0.2) is 18.3 Å². The van der Waals surface area contributed by atoms with E-state index < -0.39 is 0 Å². The summed E-state index contributed by atoms with van der Waals surface area (Å²) in [6.45, 7) is 7.26. The third-order valence-corrected chi connectivity index (χ3v) is 4.22. The van der Waals surface area contributed by atoms with Gasteiger partial charge in [0.15, 0.2) is 5.82 Å². The van der Waals surface area contributed by atoms with Crippen LogP contribution in [-0.2, 0) is 6.42 Å². The molecule has 0 aliphatic carbocycles. The van der Waals surface area contributed by atoms with Gasteiger partial charge < -0.3 is 5.32 Å². The summed E-state index contributed by atoms with van der Waals surface area (Å²) in [6.07, 6.45) is 4.96. The summed E-state index contributed by atoms with van der Waals surface area (Å²) >= 11 is 2.34. The summed E-state index contributed by atoms with van der Waals surface area (Å²) in [6, 6.07) is 4.03. The zero-order chi connectivity index (χ0) is 15.2. The van der Waals surface area contributed by atoms with Crippen molar-refractivity contribution in [1.82, 2.24) is 15.0 Å². The number of anilines is 1. The van der Waals surface area contributed by atoms with Gasteiger partial charge in [-0.3, -0.25) is 4.98 Å². The summed E-state index contributed by atoms with van der Waals surface area (Å²) in [5.74, 6) is 1.63. The van der Waals surface area contributed by atoms with Gasteiger partial charge in [-0.05, 0) is 54.0 Å². The monoisotopic (exact) mass is 396 g/mol. The second-order valence-corrected chi connectivity index (χ2v) is 6.13. The molecule has 0 bridgehead atoms. The Labute approximate surface area is 140 Å². The van der Waals surface area contributed by atoms with E-state index >= 15 is 0 Å². The molecule has 0 aromatic carbocycles. The molecule has 2 heterocycles. The Bertz CT molecular complexity index is 596. The standard InChI is InChI=1S/C16H21IN4/c1-4-6-12-14(17)16(18-9-5-2)21-15(20-12)13-8-7-11(3)10-19-13/h7-8,10H,4-6,9H2,1-3H3,(H,18,20,21). The molecule has 0 aliphatic heterocycles. The van der Waals surface area contributed by atoms with Crippen molar-refractivity contribution >= 4 is 28.4 Å². The molecular formula is C16H21IN4. The molecule has 0 atom stereocenters. The summed E-state index contributed by atoms with van der Waals surface area (Å²) in [4.78, 5) is 13.8. The van der Waals surface area contributed by atoms with E-state index in [0.717, 1.165) is 52.1 Å². The quantitative estimate of drug-likeness (QED) is 0.743. The van der Waals surface area contributed by atoms with Gasteiger partial charge in [-0.25, -0.2) is 9.97 Å². The summed E-state index contributed by atoms with van der Waals surface area (Å²) < 4.78 is 1.12. The van der Waals surface area contributed by atoms with Crippen molar-refractivity contribution in [2.75, 3.05) is 11.9 Å². The van der Waals surface area contributed by atoms with Crippen LogP contribution in [-0.4, -0.2) is 21.5 Å². The largest absolute Gasteiger partial charge is 0.369 e. The lowest BCUT2D eigenvalue weighted by molar-refractivity contribution is 0.862. The SMILES string of the molecule is CCCNc1nc(-c2ccc(C)cn2)nc(CCC)c1I. The van der Waals surface area contributed by atoms with Crippen molar-refractivity contribution in [3.63, 3.8) is 0 Å². The van der Waals surface area contributed by atoms with Crippen LogP contribution in [0.25, 0.3) is 11.5 Å². The number of hydrogen-bond acceptors (Lipinski definition) is 4. The third kappa shape index (κ3) is 4.12. The zero-order valence-corrected chi connectivity index (χ0v) is 14.9. The van der Waals surface area contributed by atoms with Crippen molar-refractivity contribution in [1.29, 1.82) is 0 Å². The molecule has 4 nitrogen and oxygen atoms in total. The smallest absolute Gasteiger partial charge is 0.180 e. The van der Waals surface area contributed by atoms with Gasteiger partial charge in [0.2, 0.25) is 0 Å². The Morgan fingerprint density at radius 2 is 1.95 bits per heavy atom. The average molecular weight is 396 g/mol. The maximum atomic E-state index is 4.71. The number of nitrogens with zero attached hydrogens (tertiary/aromatic N) is 3. The van der Waals surface area contributed by atoms with Crippen LogP contribution in [0.2, 0.25) is 0 Å². The lowest BCUT2D eigenvalue weighted by Crippen LogP contribution is -2.09. The maximum absolute atomic E-state index is 4.71. The molecule has 21 heavy (non-hydrogen) atoms. The fraction of sp³-hybridized carbons (Fsp3) is 0.438. The van der Waals surface area contributed by atoms with Gasteiger partial charge in [-0.15, -0.1) is 0 Å². The number of aromatic nitrogens is 3. The highest BCUT2D eigenvalue weighted by atomic mass is 127. The molecule has 0 saturated carbocycles. The molecule has 0 radical (unpaired) electrons. The lowest BCUT2D eigenvalue weighted by atomic mass is 10.2. The van der Waals surface area contributed by atoms with Crippen LogP contribution in [0.5, 0.6) is 0 Å². The Kier molecular flexibility index (Phi) is 5.90. The third-order valence-electron chi connectivity index (χ3n) is 3.09. The second kappa shape index (κ2) is 7.68. The minimum Gasteiger partial charge on any atom is -0.369 e. The van der Waals surface area contributed by atoms with Gasteiger partial charge in [0, 0.05) is 12.7 Å². The Morgan fingerprint density at radius 3 is 2.57 bits per heavy atom. The van der Waals surface area contributed by atoms with Gasteiger partial charge in [-0.1, -0.05) is 26.3 Å². The highest BCUT2D eigenvalue weighted by Crippen LogP contribution is 2.24. The highest BCUT2D eigenvalue weighted by molar-refractivity contribution is 14.1. The van der Waals surface area contributed by atoms with E-state index in [2.05, 4.69) is 51.7 Å². The van der Waals surface area contributed by atoms with Crippen molar-refractivity contribution < 1.29 is 0 Å². The van der Waals surface area contributed by atoms with Crippen LogP contribution in [0.3, 0.4) is 0 Å². The molecule has 0 amide bonds. The zero-order valence-electron chi connectivity index (χ0n) is 12.8. The number of halogens is 1. The molecule has 2 rings (SSSR count). The Hall–Kier alpha value is -1.24. The van der Waals surface area contributed by atoms with Crippen molar-refractivity contribution in [2.45, 2.75) is 40.0 Å². The Balaban J connectivity index is 2.44. The molecule has 1 N–H and O–H groups in total. The van der Waals surface area contributed by atoms with Gasteiger partial charge >= 0.3 is 0 Å². The van der Waals surface area contributed by atoms with E-state index in [1.54, 1.807) is 0 Å². The van der Waals surface area contributed by atoms with Crippen molar-refractivity contribution in [3.05, 3.63) is 33.2 Å². The molecule has 2 aromatic heterocycles. The van der Waals surface area contributed by atoms with Gasteiger partial charge in [0.05, 0.1) is 9.26 Å². The molecule has 0 saturated heterocycles. The molecular weight excluding hydrogens is 375 g/mol. The molecule has 0 aliphatic rings. The van der Waals surface area contributed by atoms with Crippen molar-refractivity contribution in [3.8, 4) is 11.5 Å². The van der Waals surface area contributed by atoms with Gasteiger partial charge in [0.1, 0.15) is 11.5 Å². The maximum Gasteiger partial charge on any atom is 0.180 e. The number of hydrogen-bond donors (Lipinski definition) is 1. The topological polar surface area (TPSA) is 50.7 Å². The second-order valence-electron chi connectivity index (χ2n) is 5.05. The van der Waals surface area contributed by atoms with Gasteiger partial charge in [-0.2, -0.15) is 0 Å². The predicted molar refractivity (Wildman–Crippen MR) is 95.5 cm³/mol. The molecule has 0 spiro atoms. The lowest BCUT2D eigenvalue weighted by Gasteiger charge is -2.12. The first-order valence-corrected chi connectivity index (χ1v) is 8.46. The Morgan fingerprint density at radius 1 is 1.14 bits per heavy atom. The first-order chi connectivity index (χ1) is 10.2. The summed E-state index contributed by atoms with van der Waals surface area (Å²) in [7, 11) is 0. The van der Waals surface area contributed by atoms with E-state index in [9.17, 15) is 0 Å². The van der Waals surface area contributed by atoms with Crippen LogP contribution in [0.1, 0.15) is 37.9 Å². The average Bonchev–Trinajstić information content (AvgIpc) is 2.49. The highest BCUT2D eigenvalue weighted by Gasteiger charge is 2.13. The molecule has 2 aromatic rings. The first kappa shape index (κ1) is 16.1. The summed E-state index contributed by atoms with van der Waals surface area (Å²) in [5.41, 5.74) is 3.07. The number of rotatable bonds is 6. The van der Waals surface area contributed by atoms with Gasteiger partial charge in [0.25, 0.3) is 0 Å². The summed E-state index contributed by atoms with van der Waals surface area (Å²) in [5, 5.41) is 3.40. The fourth-order valence-corrected chi connectivity index (χ4v) is 2.67. The molecule has 5 heteroatoms. The number of aryl methyl sites for hydroxylation is 2. The molecule has 0 fully saturated rings. The van der Waals surface area contributed by atoms with Crippen LogP contribution in [0, 0.1) is 10.5 Å². The molecule has 0 unspecified atom stereocenters. The van der Waals surface area contributed by atoms with E-state index in [4.69, 9.17) is 4.98 Å². The van der Waals surface area contributed by atoms with Crippen LogP contribution < -0.4 is 5.32 Å². The van der Waals surface area contributed by atoms with E-state index in [1.165, 1.54) is 0 Å². The van der Waals surface area contributed by atoms with E-state index in [0.29, 0.717) is 5.82 Å². The predicted octanol–water partition coefficient (Wildman–Crippen LogP) is 4.23. The minimum absolute atomic E-state index is 0.706. The van der Waals surface area contributed by atoms with E-state index in [-0.39, 0.29) is 0 Å². The first-order valence-electron chi connectivity index (χ1n) is 7.39. The van der Waals surface area contributed by atoms with Crippen molar-refractivity contribution in [2.24, 2.45) is 0 Å².